The highest BCUT2D eigenvalue weighted by Gasteiger charge is 2.48. The van der Waals surface area contributed by atoms with Crippen molar-refractivity contribution in [1.82, 2.24) is 4.98 Å². The Labute approximate surface area is 127 Å². The van der Waals surface area contributed by atoms with Crippen molar-refractivity contribution in [3.63, 3.8) is 0 Å². The largest absolute Gasteiger partial charge is 0.370 e. The molecule has 0 amide bonds. The summed E-state index contributed by atoms with van der Waals surface area (Å²) < 4.78 is 0. The second-order valence-electron chi connectivity index (χ2n) is 6.30. The summed E-state index contributed by atoms with van der Waals surface area (Å²) >= 11 is 0. The number of nitrogens with zero attached hydrogens (tertiary/aromatic N) is 2. The predicted molar refractivity (Wildman–Crippen MR) is 83.8 cm³/mol. The van der Waals surface area contributed by atoms with E-state index in [-0.39, 0.29) is 23.4 Å². The van der Waals surface area contributed by atoms with E-state index < -0.39 is 0 Å². The van der Waals surface area contributed by atoms with Crippen LogP contribution in [0.1, 0.15) is 39.2 Å². The summed E-state index contributed by atoms with van der Waals surface area (Å²) in [4.78, 5) is 4.23. The maximum absolute atomic E-state index is 8.73. The van der Waals surface area contributed by atoms with Crippen LogP contribution in [0.25, 0.3) is 0 Å². The lowest BCUT2D eigenvalue weighted by molar-refractivity contribution is 0.172. The molecule has 3 N–H and O–H groups in total. The lowest BCUT2D eigenvalue weighted by atomic mass is 9.72. The van der Waals surface area contributed by atoms with Gasteiger partial charge in [0.25, 0.3) is 0 Å². The van der Waals surface area contributed by atoms with Gasteiger partial charge in [0.15, 0.2) is 0 Å². The minimum absolute atomic E-state index is 0. The molecule has 1 heterocycles. The van der Waals surface area contributed by atoms with Crippen molar-refractivity contribution < 1.29 is 0 Å². The maximum Gasteiger partial charge on any atom is 0.125 e. The molecule has 20 heavy (non-hydrogen) atoms. The summed E-state index contributed by atoms with van der Waals surface area (Å²) in [5.74, 6) is 1.36. The van der Waals surface area contributed by atoms with Gasteiger partial charge in [-0.15, -0.1) is 12.4 Å². The molecule has 110 valence electrons. The predicted octanol–water partition coefficient (Wildman–Crippen LogP) is 2.94. The van der Waals surface area contributed by atoms with Crippen molar-refractivity contribution in [2.75, 3.05) is 11.9 Å². The Morgan fingerprint density at radius 1 is 1.45 bits per heavy atom. The molecule has 1 aromatic heterocycles. The van der Waals surface area contributed by atoms with Gasteiger partial charge in [-0.3, -0.25) is 0 Å². The van der Waals surface area contributed by atoms with Crippen LogP contribution in [0.4, 0.5) is 5.82 Å². The molecule has 0 radical (unpaired) electrons. The first-order chi connectivity index (χ1) is 8.87. The van der Waals surface area contributed by atoms with Crippen molar-refractivity contribution in [1.29, 1.82) is 5.26 Å². The maximum atomic E-state index is 8.73. The van der Waals surface area contributed by atoms with Gasteiger partial charge >= 0.3 is 0 Å². The van der Waals surface area contributed by atoms with Crippen molar-refractivity contribution in [3.8, 4) is 6.07 Å². The molecular weight excluding hydrogens is 272 g/mol. The third kappa shape index (κ3) is 3.05. The summed E-state index contributed by atoms with van der Waals surface area (Å²) in [6.07, 6.45) is 3.80. The Balaban J connectivity index is 0.00000200. The molecule has 0 saturated heterocycles. The minimum atomic E-state index is -0.0998. The number of hydrogen-bond acceptors (Lipinski definition) is 4. The van der Waals surface area contributed by atoms with Gasteiger partial charge in [0.05, 0.1) is 5.56 Å². The zero-order chi connectivity index (χ0) is 14.1. The van der Waals surface area contributed by atoms with Crippen LogP contribution < -0.4 is 11.1 Å². The van der Waals surface area contributed by atoms with Gasteiger partial charge in [0.1, 0.15) is 11.9 Å². The Hall–Kier alpha value is -1.31. The van der Waals surface area contributed by atoms with Crippen LogP contribution in [0.3, 0.4) is 0 Å². The molecule has 1 fully saturated rings. The molecule has 0 aromatic carbocycles. The summed E-state index contributed by atoms with van der Waals surface area (Å²) in [5, 5.41) is 12.1. The number of aromatic nitrogens is 1. The fraction of sp³-hybridized carbons (Fsp3) is 0.600. The average Bonchev–Trinajstić information content (AvgIpc) is 2.58. The molecular formula is C15H23ClN4. The molecule has 1 aliphatic rings. The standard InChI is InChI=1S/C15H22N4.ClH/c1-14(2)12(6-7-15(14,3)17)10-19-13-5-4-11(8-16)9-18-13;/h4-5,9,12H,6-7,10,17H2,1-3H3,(H,18,19);1H/t12-,15-;/m1./s1. The molecule has 1 aliphatic carbocycles. The van der Waals surface area contributed by atoms with Crippen LogP contribution >= 0.6 is 12.4 Å². The first-order valence-electron chi connectivity index (χ1n) is 6.76. The van der Waals surface area contributed by atoms with Gasteiger partial charge in [-0.05, 0) is 43.2 Å². The number of nitrogens with two attached hydrogens (primary N) is 1. The fourth-order valence-corrected chi connectivity index (χ4v) is 2.77. The van der Waals surface area contributed by atoms with Crippen LogP contribution in [-0.4, -0.2) is 17.1 Å². The summed E-state index contributed by atoms with van der Waals surface area (Å²) in [6.45, 7) is 7.52. The van der Waals surface area contributed by atoms with Crippen LogP contribution in [0, 0.1) is 22.7 Å². The molecule has 2 atom stereocenters. The Morgan fingerprint density at radius 3 is 2.60 bits per heavy atom. The van der Waals surface area contributed by atoms with E-state index in [1.54, 1.807) is 12.3 Å². The molecule has 1 saturated carbocycles. The second-order valence-corrected chi connectivity index (χ2v) is 6.30. The third-order valence-electron chi connectivity index (χ3n) is 4.93. The quantitative estimate of drug-likeness (QED) is 0.899. The summed E-state index contributed by atoms with van der Waals surface area (Å²) in [5.41, 5.74) is 6.98. The van der Waals surface area contributed by atoms with Gasteiger partial charge in [0.2, 0.25) is 0 Å². The zero-order valence-corrected chi connectivity index (χ0v) is 13.1. The molecule has 0 aliphatic heterocycles. The molecule has 5 heteroatoms. The summed E-state index contributed by atoms with van der Waals surface area (Å²) in [7, 11) is 0. The number of pyridine rings is 1. The molecule has 4 nitrogen and oxygen atoms in total. The molecule has 2 rings (SSSR count). The van der Waals surface area contributed by atoms with E-state index in [9.17, 15) is 0 Å². The van der Waals surface area contributed by atoms with Gasteiger partial charge < -0.3 is 11.1 Å². The van der Waals surface area contributed by atoms with E-state index in [2.05, 4.69) is 37.1 Å². The molecule has 0 unspecified atom stereocenters. The van der Waals surface area contributed by atoms with Gasteiger partial charge in [-0.25, -0.2) is 4.98 Å². The van der Waals surface area contributed by atoms with E-state index in [0.717, 1.165) is 25.2 Å². The van der Waals surface area contributed by atoms with Gasteiger partial charge in [0, 0.05) is 18.3 Å². The van der Waals surface area contributed by atoms with E-state index >= 15 is 0 Å². The monoisotopic (exact) mass is 294 g/mol. The van der Waals surface area contributed by atoms with E-state index in [0.29, 0.717) is 11.5 Å². The number of nitrogens with one attached hydrogen (secondary N) is 1. The van der Waals surface area contributed by atoms with Crippen LogP contribution in [0.5, 0.6) is 0 Å². The Kier molecular flexibility index (Phi) is 5.01. The van der Waals surface area contributed by atoms with E-state index in [1.165, 1.54) is 0 Å². The normalized spacial score (nSPS) is 27.4. The highest BCUT2D eigenvalue weighted by molar-refractivity contribution is 5.85. The highest BCUT2D eigenvalue weighted by Crippen LogP contribution is 2.48. The summed E-state index contributed by atoms with van der Waals surface area (Å²) in [6, 6.07) is 5.70. The third-order valence-corrected chi connectivity index (χ3v) is 4.93. The van der Waals surface area contributed by atoms with Gasteiger partial charge in [-0.1, -0.05) is 13.8 Å². The number of nitriles is 1. The smallest absolute Gasteiger partial charge is 0.125 e. The van der Waals surface area contributed by atoms with Gasteiger partial charge in [-0.2, -0.15) is 5.26 Å². The van der Waals surface area contributed by atoms with Crippen molar-refractivity contribution in [2.24, 2.45) is 17.1 Å². The minimum Gasteiger partial charge on any atom is -0.370 e. The van der Waals surface area contributed by atoms with Crippen LogP contribution in [0.2, 0.25) is 0 Å². The number of halogens is 1. The number of hydrogen-bond donors (Lipinski definition) is 2. The molecule has 0 bridgehead atoms. The van der Waals surface area contributed by atoms with Crippen molar-refractivity contribution in [3.05, 3.63) is 23.9 Å². The van der Waals surface area contributed by atoms with E-state index in [1.807, 2.05) is 6.07 Å². The first kappa shape index (κ1) is 16.7. The molecule has 1 aromatic rings. The second kappa shape index (κ2) is 5.99. The van der Waals surface area contributed by atoms with Crippen LogP contribution in [-0.2, 0) is 0 Å². The Bertz CT molecular complexity index is 488. The first-order valence-corrected chi connectivity index (χ1v) is 6.76. The topological polar surface area (TPSA) is 74.7 Å². The molecule has 0 spiro atoms. The Morgan fingerprint density at radius 2 is 2.15 bits per heavy atom. The number of anilines is 1. The fourth-order valence-electron chi connectivity index (χ4n) is 2.77. The SMILES string of the molecule is CC1(C)[C@@H](CNc2ccc(C#N)cn2)CC[C@@]1(C)N.Cl. The average molecular weight is 295 g/mol. The zero-order valence-electron chi connectivity index (χ0n) is 12.3. The van der Waals surface area contributed by atoms with Crippen molar-refractivity contribution >= 4 is 18.2 Å². The number of rotatable bonds is 3. The van der Waals surface area contributed by atoms with E-state index in [4.69, 9.17) is 11.0 Å². The highest BCUT2D eigenvalue weighted by atomic mass is 35.5. The van der Waals surface area contributed by atoms with Crippen LogP contribution in [0.15, 0.2) is 18.3 Å². The lowest BCUT2D eigenvalue weighted by Gasteiger charge is -2.39. The van der Waals surface area contributed by atoms with Crippen molar-refractivity contribution in [2.45, 2.75) is 39.2 Å². The lowest BCUT2D eigenvalue weighted by Crippen LogP contribution is -2.49.